The van der Waals surface area contributed by atoms with E-state index in [-0.39, 0.29) is 6.61 Å². The summed E-state index contributed by atoms with van der Waals surface area (Å²) in [7, 11) is 1.70. The van der Waals surface area contributed by atoms with Crippen LogP contribution in [0.5, 0.6) is 0 Å². The topological polar surface area (TPSA) is 44.7 Å². The normalized spacial score (nSPS) is 15.0. The number of nitrogens with zero attached hydrogens (tertiary/aromatic N) is 1. The molecule has 1 aromatic rings. The average Bonchev–Trinajstić information content (AvgIpc) is 2.42. The summed E-state index contributed by atoms with van der Waals surface area (Å²) in [5, 5.41) is 13.5. The van der Waals surface area contributed by atoms with E-state index in [4.69, 9.17) is 16.3 Å². The van der Waals surface area contributed by atoms with E-state index >= 15 is 0 Å². The van der Waals surface area contributed by atoms with Gasteiger partial charge in [0, 0.05) is 49.1 Å². The molecule has 0 unspecified atom stereocenters. The lowest BCUT2D eigenvalue weighted by Crippen LogP contribution is -2.42. The Hall–Kier alpha value is -0.810. The molecule has 0 spiro atoms. The SMILES string of the molecule is COCCNCc1c(Cl)cccc1N(CCO)C1CCC1. The van der Waals surface area contributed by atoms with Gasteiger partial charge in [-0.15, -0.1) is 0 Å². The van der Waals surface area contributed by atoms with Crippen molar-refractivity contribution in [3.8, 4) is 0 Å². The predicted molar refractivity (Wildman–Crippen MR) is 87.1 cm³/mol. The molecule has 1 aliphatic rings. The highest BCUT2D eigenvalue weighted by Gasteiger charge is 2.26. The summed E-state index contributed by atoms with van der Waals surface area (Å²) in [5.41, 5.74) is 2.25. The lowest BCUT2D eigenvalue weighted by atomic mass is 9.90. The van der Waals surface area contributed by atoms with E-state index in [1.807, 2.05) is 12.1 Å². The first-order valence-corrected chi connectivity index (χ1v) is 8.00. The third-order valence-electron chi connectivity index (χ3n) is 4.04. The van der Waals surface area contributed by atoms with Gasteiger partial charge in [0.1, 0.15) is 0 Å². The van der Waals surface area contributed by atoms with Crippen LogP contribution in [-0.4, -0.2) is 44.6 Å². The molecule has 0 heterocycles. The molecule has 21 heavy (non-hydrogen) atoms. The second kappa shape index (κ2) is 8.59. The molecule has 4 nitrogen and oxygen atoms in total. The van der Waals surface area contributed by atoms with Gasteiger partial charge in [0.05, 0.1) is 13.2 Å². The van der Waals surface area contributed by atoms with E-state index in [2.05, 4.69) is 16.3 Å². The molecular formula is C16H25ClN2O2. The number of aliphatic hydroxyl groups excluding tert-OH is 1. The first kappa shape index (κ1) is 16.6. The first-order chi connectivity index (χ1) is 10.3. The van der Waals surface area contributed by atoms with Crippen molar-refractivity contribution < 1.29 is 9.84 Å². The van der Waals surface area contributed by atoms with Crippen molar-refractivity contribution in [3.05, 3.63) is 28.8 Å². The summed E-state index contributed by atoms with van der Waals surface area (Å²) in [6.07, 6.45) is 3.67. The predicted octanol–water partition coefficient (Wildman–Crippen LogP) is 2.43. The molecule has 118 valence electrons. The van der Waals surface area contributed by atoms with Crippen molar-refractivity contribution >= 4 is 17.3 Å². The molecule has 1 aliphatic carbocycles. The van der Waals surface area contributed by atoms with Crippen molar-refractivity contribution in [2.24, 2.45) is 0 Å². The third-order valence-corrected chi connectivity index (χ3v) is 4.40. The van der Waals surface area contributed by atoms with Gasteiger partial charge in [-0.1, -0.05) is 17.7 Å². The van der Waals surface area contributed by atoms with Crippen LogP contribution in [0.3, 0.4) is 0 Å². The Kier molecular flexibility index (Phi) is 6.77. The third kappa shape index (κ3) is 4.33. The van der Waals surface area contributed by atoms with Crippen LogP contribution in [-0.2, 0) is 11.3 Å². The van der Waals surface area contributed by atoms with Crippen molar-refractivity contribution in [1.29, 1.82) is 0 Å². The molecule has 0 amide bonds. The molecule has 0 aliphatic heterocycles. The molecule has 1 saturated carbocycles. The lowest BCUT2D eigenvalue weighted by molar-refractivity contribution is 0.199. The van der Waals surface area contributed by atoms with Crippen LogP contribution in [0.25, 0.3) is 0 Å². The van der Waals surface area contributed by atoms with Crippen LogP contribution in [0.4, 0.5) is 5.69 Å². The quantitative estimate of drug-likeness (QED) is 0.687. The van der Waals surface area contributed by atoms with E-state index in [0.717, 1.165) is 22.8 Å². The Bertz CT molecular complexity index is 438. The van der Waals surface area contributed by atoms with E-state index in [9.17, 15) is 5.11 Å². The fraction of sp³-hybridized carbons (Fsp3) is 0.625. The first-order valence-electron chi connectivity index (χ1n) is 7.62. The maximum absolute atomic E-state index is 9.37. The van der Waals surface area contributed by atoms with Crippen molar-refractivity contribution in [2.45, 2.75) is 31.8 Å². The number of methoxy groups -OCH3 is 1. The van der Waals surface area contributed by atoms with Gasteiger partial charge in [-0.05, 0) is 31.4 Å². The van der Waals surface area contributed by atoms with E-state index in [1.54, 1.807) is 7.11 Å². The highest BCUT2D eigenvalue weighted by molar-refractivity contribution is 6.31. The minimum atomic E-state index is 0.166. The van der Waals surface area contributed by atoms with Gasteiger partial charge >= 0.3 is 0 Å². The lowest BCUT2D eigenvalue weighted by Gasteiger charge is -2.40. The number of aliphatic hydroxyl groups is 1. The van der Waals surface area contributed by atoms with Crippen LogP contribution < -0.4 is 10.2 Å². The summed E-state index contributed by atoms with van der Waals surface area (Å²) in [5.74, 6) is 0. The molecule has 2 rings (SSSR count). The van der Waals surface area contributed by atoms with Crippen LogP contribution in [0.1, 0.15) is 24.8 Å². The molecule has 0 bridgehead atoms. The van der Waals surface area contributed by atoms with Gasteiger partial charge in [0.15, 0.2) is 0 Å². The largest absolute Gasteiger partial charge is 0.395 e. The molecule has 5 heteroatoms. The second-order valence-electron chi connectivity index (χ2n) is 5.41. The molecule has 0 aromatic heterocycles. The Morgan fingerprint density at radius 2 is 2.24 bits per heavy atom. The number of ether oxygens (including phenoxy) is 1. The fourth-order valence-electron chi connectivity index (χ4n) is 2.68. The fourth-order valence-corrected chi connectivity index (χ4v) is 2.92. The van der Waals surface area contributed by atoms with Crippen molar-refractivity contribution in [3.63, 3.8) is 0 Å². The van der Waals surface area contributed by atoms with Crippen LogP contribution in [0.2, 0.25) is 5.02 Å². The minimum absolute atomic E-state index is 0.166. The molecule has 0 radical (unpaired) electrons. The average molecular weight is 313 g/mol. The summed E-state index contributed by atoms with van der Waals surface area (Å²) in [6.45, 7) is 3.02. The molecule has 1 aromatic carbocycles. The molecule has 0 saturated heterocycles. The Labute approximate surface area is 132 Å². The standard InChI is InChI=1S/C16H25ClN2O2/c1-21-11-8-18-12-14-15(17)6-3-7-16(14)19(9-10-20)13-4-2-5-13/h3,6-7,13,18,20H,2,4-5,8-12H2,1H3. The Morgan fingerprint density at radius 1 is 1.43 bits per heavy atom. The van der Waals surface area contributed by atoms with E-state index in [1.165, 1.54) is 19.3 Å². The van der Waals surface area contributed by atoms with E-state index in [0.29, 0.717) is 25.7 Å². The van der Waals surface area contributed by atoms with Gasteiger partial charge in [-0.3, -0.25) is 0 Å². The smallest absolute Gasteiger partial charge is 0.0606 e. The van der Waals surface area contributed by atoms with Gasteiger partial charge in [-0.25, -0.2) is 0 Å². The van der Waals surface area contributed by atoms with Crippen molar-refractivity contribution in [1.82, 2.24) is 5.32 Å². The zero-order valence-corrected chi connectivity index (χ0v) is 13.4. The van der Waals surface area contributed by atoms with Crippen LogP contribution in [0, 0.1) is 0 Å². The van der Waals surface area contributed by atoms with Crippen molar-refractivity contribution in [2.75, 3.05) is 38.3 Å². The monoisotopic (exact) mass is 312 g/mol. The summed E-state index contributed by atoms with van der Waals surface area (Å²) < 4.78 is 5.05. The Balaban J connectivity index is 2.13. The number of anilines is 1. The number of nitrogens with one attached hydrogen (secondary N) is 1. The number of hydrogen-bond acceptors (Lipinski definition) is 4. The maximum atomic E-state index is 9.37. The number of hydrogen-bond donors (Lipinski definition) is 2. The van der Waals surface area contributed by atoms with Gasteiger partial charge in [0.25, 0.3) is 0 Å². The maximum Gasteiger partial charge on any atom is 0.0606 e. The Morgan fingerprint density at radius 3 is 2.86 bits per heavy atom. The summed E-state index contributed by atoms with van der Waals surface area (Å²) in [4.78, 5) is 2.31. The van der Waals surface area contributed by atoms with Gasteiger partial charge < -0.3 is 20.1 Å². The van der Waals surface area contributed by atoms with E-state index < -0.39 is 0 Å². The van der Waals surface area contributed by atoms with Gasteiger partial charge in [0.2, 0.25) is 0 Å². The zero-order valence-electron chi connectivity index (χ0n) is 12.6. The highest BCUT2D eigenvalue weighted by Crippen LogP contribution is 2.34. The minimum Gasteiger partial charge on any atom is -0.395 e. The molecular weight excluding hydrogens is 288 g/mol. The molecule has 0 atom stereocenters. The molecule has 1 fully saturated rings. The number of rotatable bonds is 9. The number of halogens is 1. The highest BCUT2D eigenvalue weighted by atomic mass is 35.5. The zero-order chi connectivity index (χ0) is 15.1. The second-order valence-corrected chi connectivity index (χ2v) is 5.82. The van der Waals surface area contributed by atoms with Gasteiger partial charge in [-0.2, -0.15) is 0 Å². The summed E-state index contributed by atoms with van der Waals surface area (Å²) in [6, 6.07) is 6.55. The van der Waals surface area contributed by atoms with Crippen LogP contribution in [0.15, 0.2) is 18.2 Å². The summed E-state index contributed by atoms with van der Waals surface area (Å²) >= 11 is 6.39. The molecule has 2 N–H and O–H groups in total. The number of benzene rings is 1. The van der Waals surface area contributed by atoms with Crippen LogP contribution >= 0.6 is 11.6 Å².